The van der Waals surface area contributed by atoms with Gasteiger partial charge in [0.2, 0.25) is 0 Å². The standard InChI is InChI=1S/C6H4N3Si/c7-9-4-5-6(10)2-1-3-8-5/h1-4H. The quantitative estimate of drug-likeness (QED) is 0.228. The smallest absolute Gasteiger partial charge is 0.305 e. The zero-order valence-electron chi connectivity index (χ0n) is 5.15. The van der Waals surface area contributed by atoms with E-state index in [-0.39, 0.29) is 0 Å². The molecule has 0 fully saturated rings. The van der Waals surface area contributed by atoms with Gasteiger partial charge in [0.15, 0.2) is 0 Å². The van der Waals surface area contributed by atoms with Gasteiger partial charge >= 0.3 is 6.21 Å². The summed E-state index contributed by atoms with van der Waals surface area (Å²) < 4.78 is 0. The fourth-order valence-corrected chi connectivity index (χ4v) is 0.800. The van der Waals surface area contributed by atoms with E-state index in [9.17, 15) is 0 Å². The molecule has 0 amide bonds. The molecule has 0 aliphatic heterocycles. The molecule has 0 N–H and O–H groups in total. The van der Waals surface area contributed by atoms with E-state index in [1.807, 2.05) is 6.07 Å². The number of aromatic nitrogens is 1. The minimum absolute atomic E-state index is 0.613. The van der Waals surface area contributed by atoms with Crippen molar-refractivity contribution < 1.29 is 4.79 Å². The highest BCUT2D eigenvalue weighted by atomic mass is 28.1. The van der Waals surface area contributed by atoms with E-state index in [0.717, 1.165) is 5.19 Å². The molecule has 0 aliphatic rings. The number of pyridine rings is 1. The van der Waals surface area contributed by atoms with Crippen LogP contribution in [0.4, 0.5) is 0 Å². The third-order valence-electron chi connectivity index (χ3n) is 1.02. The van der Waals surface area contributed by atoms with Crippen molar-refractivity contribution in [2.45, 2.75) is 0 Å². The fourth-order valence-electron chi connectivity index (χ4n) is 0.575. The van der Waals surface area contributed by atoms with Gasteiger partial charge in [0.1, 0.15) is 5.69 Å². The summed E-state index contributed by atoms with van der Waals surface area (Å²) in [5, 5.41) is 0.806. The van der Waals surface area contributed by atoms with Crippen LogP contribution in [-0.4, -0.2) is 26.2 Å². The van der Waals surface area contributed by atoms with Crippen LogP contribution in [-0.2, 0) is 0 Å². The van der Waals surface area contributed by atoms with Crippen molar-refractivity contribution in [2.75, 3.05) is 0 Å². The molecule has 1 aromatic rings. The van der Waals surface area contributed by atoms with E-state index >= 15 is 0 Å². The van der Waals surface area contributed by atoms with Gasteiger partial charge < -0.3 is 5.53 Å². The number of nitrogens with zero attached hydrogens (tertiary/aromatic N) is 3. The van der Waals surface area contributed by atoms with Crippen LogP contribution >= 0.6 is 0 Å². The van der Waals surface area contributed by atoms with Gasteiger partial charge in [-0.15, -0.1) is 0 Å². The van der Waals surface area contributed by atoms with Crippen LogP contribution in [0, 0.1) is 0 Å². The minimum Gasteiger partial charge on any atom is -0.361 e. The lowest BCUT2D eigenvalue weighted by Crippen LogP contribution is -2.11. The highest BCUT2D eigenvalue weighted by molar-refractivity contribution is 6.34. The second-order valence-corrected chi connectivity index (χ2v) is 2.22. The number of rotatable bonds is 1. The van der Waals surface area contributed by atoms with Gasteiger partial charge in [0, 0.05) is 6.20 Å². The molecule has 3 nitrogen and oxygen atoms in total. The first-order valence-corrected chi connectivity index (χ1v) is 3.18. The second-order valence-electron chi connectivity index (χ2n) is 1.68. The average molecular weight is 146 g/mol. The molecular weight excluding hydrogens is 142 g/mol. The van der Waals surface area contributed by atoms with Crippen LogP contribution in [0.5, 0.6) is 0 Å². The van der Waals surface area contributed by atoms with Crippen LogP contribution in [0.3, 0.4) is 0 Å². The Balaban J connectivity index is 3.14. The molecule has 0 saturated carbocycles. The second kappa shape index (κ2) is 3.05. The molecule has 0 atom stereocenters. The maximum absolute atomic E-state index is 8.15. The van der Waals surface area contributed by atoms with Gasteiger partial charge in [0.25, 0.3) is 0 Å². The zero-order chi connectivity index (χ0) is 7.40. The van der Waals surface area contributed by atoms with Gasteiger partial charge in [-0.3, -0.25) is 0 Å². The van der Waals surface area contributed by atoms with Crippen molar-refractivity contribution in [1.82, 2.24) is 4.98 Å². The molecule has 10 heavy (non-hydrogen) atoms. The molecule has 1 rings (SSSR count). The molecule has 1 aromatic heterocycles. The first kappa shape index (κ1) is 6.86. The Labute approximate surface area is 61.8 Å². The van der Waals surface area contributed by atoms with E-state index in [1.165, 1.54) is 6.21 Å². The molecule has 0 unspecified atom stereocenters. The minimum atomic E-state index is 0.613. The fraction of sp³-hybridized carbons (Fsp3) is 0. The topological polar surface area (TPSA) is 49.3 Å². The largest absolute Gasteiger partial charge is 0.361 e. The third-order valence-corrected chi connectivity index (χ3v) is 1.44. The summed E-state index contributed by atoms with van der Waals surface area (Å²) >= 11 is 0. The molecule has 0 aliphatic carbocycles. The normalized spacial score (nSPS) is 8.50. The highest BCUT2D eigenvalue weighted by Gasteiger charge is 1.96. The lowest BCUT2D eigenvalue weighted by Gasteiger charge is -1.89. The van der Waals surface area contributed by atoms with Crippen molar-refractivity contribution in [3.05, 3.63) is 29.6 Å². The number of hydrogen-bond donors (Lipinski definition) is 0. The summed E-state index contributed by atoms with van der Waals surface area (Å²) in [7, 11) is 3.28. The monoisotopic (exact) mass is 146 g/mol. The zero-order valence-corrected chi connectivity index (χ0v) is 6.15. The van der Waals surface area contributed by atoms with E-state index in [4.69, 9.17) is 5.53 Å². The van der Waals surface area contributed by atoms with Crippen molar-refractivity contribution >= 4 is 21.6 Å². The van der Waals surface area contributed by atoms with Crippen molar-refractivity contribution in [3.63, 3.8) is 0 Å². The average Bonchev–Trinajstić information content (AvgIpc) is 1.94. The molecule has 0 aromatic carbocycles. The van der Waals surface area contributed by atoms with Crippen molar-refractivity contribution in [3.8, 4) is 0 Å². The molecule has 4 heteroatoms. The maximum atomic E-state index is 8.15. The number of hydrogen-bond acceptors (Lipinski definition) is 1. The van der Waals surface area contributed by atoms with Gasteiger partial charge in [-0.05, 0) is 11.3 Å². The molecule has 0 bridgehead atoms. The molecule has 3 radical (unpaired) electrons. The first-order valence-electron chi connectivity index (χ1n) is 2.68. The lowest BCUT2D eigenvalue weighted by molar-refractivity contribution is 0.00434. The van der Waals surface area contributed by atoms with Crippen molar-refractivity contribution in [1.29, 1.82) is 0 Å². The SMILES string of the molecule is [N-]=[N+]=Cc1ncccc1[Si]. The summed E-state index contributed by atoms with van der Waals surface area (Å²) in [4.78, 5) is 6.76. The Hall–Kier alpha value is -1.25. The van der Waals surface area contributed by atoms with E-state index in [2.05, 4.69) is 20.0 Å². The Kier molecular flexibility index (Phi) is 2.09. The Morgan fingerprint density at radius 2 is 2.50 bits per heavy atom. The first-order chi connectivity index (χ1) is 4.84. The van der Waals surface area contributed by atoms with Crippen LogP contribution in [0.25, 0.3) is 5.53 Å². The van der Waals surface area contributed by atoms with Gasteiger partial charge in [0.05, 0.1) is 10.2 Å². The van der Waals surface area contributed by atoms with Crippen LogP contribution in [0.2, 0.25) is 0 Å². The predicted octanol–water partition coefficient (Wildman–Crippen LogP) is -0.476. The van der Waals surface area contributed by atoms with E-state index in [0.29, 0.717) is 5.69 Å². The van der Waals surface area contributed by atoms with Crippen LogP contribution in [0.1, 0.15) is 5.69 Å². The van der Waals surface area contributed by atoms with Gasteiger partial charge in [-0.1, -0.05) is 6.07 Å². The molecule has 47 valence electrons. The maximum Gasteiger partial charge on any atom is 0.305 e. The molecular formula is C6H4N3Si. The lowest BCUT2D eigenvalue weighted by atomic mass is 10.4. The highest BCUT2D eigenvalue weighted by Crippen LogP contribution is 1.81. The summed E-state index contributed by atoms with van der Waals surface area (Å²) in [5.74, 6) is 0. The Bertz CT molecular complexity index is 278. The molecule has 1 heterocycles. The predicted molar refractivity (Wildman–Crippen MR) is 38.4 cm³/mol. The van der Waals surface area contributed by atoms with Gasteiger partial charge in [-0.25, -0.2) is 4.98 Å². The summed E-state index contributed by atoms with van der Waals surface area (Å²) in [6, 6.07) is 3.61. The van der Waals surface area contributed by atoms with Crippen molar-refractivity contribution in [2.24, 2.45) is 0 Å². The van der Waals surface area contributed by atoms with Gasteiger partial charge in [-0.2, -0.15) is 4.79 Å². The Morgan fingerprint density at radius 1 is 1.70 bits per heavy atom. The summed E-state index contributed by atoms with van der Waals surface area (Å²) in [5.41, 5.74) is 8.76. The molecule has 0 spiro atoms. The van der Waals surface area contributed by atoms with E-state index in [1.54, 1.807) is 12.3 Å². The van der Waals surface area contributed by atoms with Crippen LogP contribution in [0.15, 0.2) is 18.3 Å². The van der Waals surface area contributed by atoms with E-state index < -0.39 is 0 Å². The van der Waals surface area contributed by atoms with Crippen LogP contribution < -0.4 is 5.19 Å². The summed E-state index contributed by atoms with van der Waals surface area (Å²) in [6.07, 6.45) is 2.89. The third kappa shape index (κ3) is 1.37. The molecule has 0 saturated heterocycles. The summed E-state index contributed by atoms with van der Waals surface area (Å²) in [6.45, 7) is 0. The Morgan fingerprint density at radius 3 is 3.10 bits per heavy atom.